The summed E-state index contributed by atoms with van der Waals surface area (Å²) in [6.07, 6.45) is 2.94. The molecule has 2 heterocycles. The molecule has 374 valence electrons. The molecule has 15 nitrogen and oxygen atoms in total. The number of benzene rings is 3. The topological polar surface area (TPSA) is 201 Å². The number of aliphatic hydroxyl groups is 1. The fourth-order valence-electron chi connectivity index (χ4n) is 9.74. The van der Waals surface area contributed by atoms with Crippen molar-refractivity contribution in [1.29, 1.82) is 0 Å². The second-order valence-electron chi connectivity index (χ2n) is 21.2. The summed E-state index contributed by atoms with van der Waals surface area (Å²) in [5.41, 5.74) is 3.17. The van der Waals surface area contributed by atoms with Gasteiger partial charge in [-0.3, -0.25) is 28.8 Å². The van der Waals surface area contributed by atoms with Crippen LogP contribution in [-0.2, 0) is 48.2 Å². The number of fused-ring (bicyclic) bond motifs is 2. The smallest absolute Gasteiger partial charge is 0.246 e. The molecule has 9 atom stereocenters. The first kappa shape index (κ1) is 52.7. The molecule has 3 aromatic rings. The molecule has 0 radical (unpaired) electrons. The highest BCUT2D eigenvalue weighted by Crippen LogP contribution is 2.38. The van der Waals surface area contributed by atoms with Gasteiger partial charge in [-0.05, 0) is 98.3 Å². The second-order valence-corrected chi connectivity index (χ2v) is 21.2. The number of aryl methyl sites for hydroxylation is 1. The number of carbonyl (C=O) groups is 6. The van der Waals surface area contributed by atoms with Gasteiger partial charge in [-0.25, -0.2) is 4.39 Å². The molecule has 7 N–H and O–H groups in total. The summed E-state index contributed by atoms with van der Waals surface area (Å²) in [7, 11) is 3.31. The highest BCUT2D eigenvalue weighted by molar-refractivity contribution is 5.95. The Labute approximate surface area is 406 Å². The average molecular weight is 953 g/mol. The number of halogens is 1. The van der Waals surface area contributed by atoms with Crippen LogP contribution in [0.5, 0.6) is 0 Å². The minimum absolute atomic E-state index is 0.0320. The number of aliphatic hydroxyl groups excluding tert-OH is 1. The van der Waals surface area contributed by atoms with Crippen LogP contribution in [0.3, 0.4) is 0 Å². The lowest BCUT2D eigenvalue weighted by Crippen LogP contribution is -2.62. The van der Waals surface area contributed by atoms with Crippen LogP contribution in [0.2, 0.25) is 0 Å². The standard InChI is InChI=1S/C53H73FN8O7/c1-30(55-9)46(64)59-44(52(3,4)5)50(68)61-27-35-24-33(22-23-34(35)25-42(61)49(67)58-41(29-63)38-19-13-14-20-39(38)54)36-26-43(48(66)57-40-21-15-17-32-16-11-12-18-37(32)40)62(28-36)51(69)45(53(6,7)8)60-47(65)31(2)56-10/h11-14,16,18-20,22-24,30-31,36,40-45,55-56,63H,15,17,21,25-29H2,1-10H3,(H,57,66)(H,58,67)(H,59,64)(H,60,65)/t30-,31-,36-,40+,41+,42-,43-,44+,45+/m0/s1. The maximum Gasteiger partial charge on any atom is 0.246 e. The predicted octanol–water partition coefficient (Wildman–Crippen LogP) is 4.08. The van der Waals surface area contributed by atoms with Crippen molar-refractivity contribution in [2.24, 2.45) is 10.8 Å². The van der Waals surface area contributed by atoms with Crippen LogP contribution in [0, 0.1) is 16.6 Å². The SMILES string of the molecule is CN[C@@H](C)C(=O)N[C@H](C(=O)N1Cc2cc([C@H]3C[C@@H](C(=O)N[C@@H]4CCCc5ccccc54)N(C(=O)[C@@H](NC(=O)[C@H](C)NC)C(C)(C)C)C3)ccc2C[C@H]1C(=O)N[C@H](CO)c1ccccc1F)C(C)(C)C. The summed E-state index contributed by atoms with van der Waals surface area (Å²) in [5.74, 6) is -3.42. The van der Waals surface area contributed by atoms with Crippen LogP contribution in [0.1, 0.15) is 126 Å². The van der Waals surface area contributed by atoms with E-state index in [4.69, 9.17) is 0 Å². The van der Waals surface area contributed by atoms with Gasteiger partial charge < -0.3 is 46.8 Å². The lowest BCUT2D eigenvalue weighted by molar-refractivity contribution is -0.147. The van der Waals surface area contributed by atoms with Crippen molar-refractivity contribution in [3.63, 3.8) is 0 Å². The van der Waals surface area contributed by atoms with E-state index in [-0.39, 0.29) is 61.2 Å². The van der Waals surface area contributed by atoms with Crippen molar-refractivity contribution in [3.8, 4) is 0 Å². The number of likely N-dealkylation sites (tertiary alicyclic amines) is 1. The monoisotopic (exact) mass is 953 g/mol. The van der Waals surface area contributed by atoms with Crippen LogP contribution >= 0.6 is 0 Å². The van der Waals surface area contributed by atoms with Crippen molar-refractivity contribution < 1.29 is 38.3 Å². The maximum absolute atomic E-state index is 15.0. The number of rotatable bonds is 15. The molecule has 1 saturated heterocycles. The summed E-state index contributed by atoms with van der Waals surface area (Å²) < 4.78 is 15.0. The van der Waals surface area contributed by atoms with E-state index in [1.807, 2.05) is 77.9 Å². The van der Waals surface area contributed by atoms with Crippen LogP contribution in [0.15, 0.2) is 66.7 Å². The Morgan fingerprint density at radius 2 is 1.32 bits per heavy atom. The molecule has 1 aliphatic carbocycles. The first-order valence-electron chi connectivity index (χ1n) is 24.3. The van der Waals surface area contributed by atoms with E-state index in [9.17, 15) is 38.3 Å². The zero-order valence-electron chi connectivity index (χ0n) is 41.9. The Hall–Kier alpha value is -5.71. The molecule has 0 bridgehead atoms. The number of nitrogens with one attached hydrogen (secondary N) is 6. The molecule has 6 amide bonds. The van der Waals surface area contributed by atoms with Gasteiger partial charge >= 0.3 is 0 Å². The Bertz CT molecular complexity index is 2380. The number of nitrogens with zero attached hydrogens (tertiary/aromatic N) is 2. The summed E-state index contributed by atoms with van der Waals surface area (Å²) in [4.78, 5) is 88.7. The minimum atomic E-state index is -1.10. The van der Waals surface area contributed by atoms with Crippen molar-refractivity contribution in [1.82, 2.24) is 41.7 Å². The third-order valence-corrected chi connectivity index (χ3v) is 14.2. The van der Waals surface area contributed by atoms with Crippen LogP contribution < -0.4 is 31.9 Å². The van der Waals surface area contributed by atoms with E-state index in [0.29, 0.717) is 0 Å². The summed E-state index contributed by atoms with van der Waals surface area (Å²) in [6, 6.07) is 13.2. The zero-order chi connectivity index (χ0) is 50.5. The molecule has 3 aliphatic rings. The Balaban J connectivity index is 1.36. The van der Waals surface area contributed by atoms with Crippen molar-refractivity contribution in [3.05, 3.63) is 106 Å². The average Bonchev–Trinajstić information content (AvgIpc) is 3.78. The van der Waals surface area contributed by atoms with Gasteiger partial charge in [-0.1, -0.05) is 102 Å². The fourth-order valence-corrected chi connectivity index (χ4v) is 9.74. The normalized spacial score (nSPS) is 21.4. The molecule has 0 spiro atoms. The Kier molecular flexibility index (Phi) is 16.7. The van der Waals surface area contributed by atoms with Gasteiger partial charge in [-0.2, -0.15) is 0 Å². The second kappa shape index (κ2) is 21.9. The Morgan fingerprint density at radius 3 is 1.91 bits per heavy atom. The molecular formula is C53H73FN8O7. The predicted molar refractivity (Wildman–Crippen MR) is 262 cm³/mol. The molecule has 16 heteroatoms. The lowest BCUT2D eigenvalue weighted by Gasteiger charge is -2.41. The number of hydrogen-bond acceptors (Lipinski definition) is 9. The van der Waals surface area contributed by atoms with Crippen LogP contribution in [0.25, 0.3) is 0 Å². The van der Waals surface area contributed by atoms with Crippen LogP contribution in [0.4, 0.5) is 4.39 Å². The number of amides is 6. The van der Waals surface area contributed by atoms with Gasteiger partial charge in [-0.15, -0.1) is 0 Å². The van der Waals surface area contributed by atoms with Gasteiger partial charge in [0.25, 0.3) is 0 Å². The quantitative estimate of drug-likeness (QED) is 0.117. The molecule has 1 fully saturated rings. The molecule has 0 saturated carbocycles. The van der Waals surface area contributed by atoms with Crippen LogP contribution in [-0.4, -0.2) is 114 Å². The third-order valence-electron chi connectivity index (χ3n) is 14.2. The van der Waals surface area contributed by atoms with Gasteiger partial charge in [0.15, 0.2) is 0 Å². The Morgan fingerprint density at radius 1 is 0.725 bits per heavy atom. The number of hydrogen-bond donors (Lipinski definition) is 7. The van der Waals surface area contributed by atoms with Crippen molar-refractivity contribution in [2.75, 3.05) is 27.2 Å². The fraction of sp³-hybridized carbons (Fsp3) is 0.547. The molecule has 3 aromatic carbocycles. The lowest BCUT2D eigenvalue weighted by atomic mass is 9.83. The maximum atomic E-state index is 15.0. The van der Waals surface area contributed by atoms with E-state index in [1.165, 1.54) is 28.7 Å². The summed E-state index contributed by atoms with van der Waals surface area (Å²) in [5, 5.41) is 28.2. The molecule has 2 aliphatic heterocycles. The highest BCUT2D eigenvalue weighted by atomic mass is 19.1. The van der Waals surface area contributed by atoms with Crippen molar-refractivity contribution >= 4 is 35.4 Å². The largest absolute Gasteiger partial charge is 0.394 e. The summed E-state index contributed by atoms with van der Waals surface area (Å²) in [6.45, 7) is 14.1. The van der Waals surface area contributed by atoms with E-state index >= 15 is 0 Å². The molecular weight excluding hydrogens is 880 g/mol. The third kappa shape index (κ3) is 12.0. The first-order chi connectivity index (χ1) is 32.6. The van der Waals surface area contributed by atoms with E-state index in [2.05, 4.69) is 38.0 Å². The van der Waals surface area contributed by atoms with Gasteiger partial charge in [0, 0.05) is 31.0 Å². The zero-order valence-corrected chi connectivity index (χ0v) is 41.9. The van der Waals surface area contributed by atoms with Crippen molar-refractivity contribution in [2.45, 2.75) is 148 Å². The van der Waals surface area contributed by atoms with E-state index in [1.54, 1.807) is 38.9 Å². The highest BCUT2D eigenvalue weighted by Gasteiger charge is 2.47. The molecule has 6 rings (SSSR count). The molecule has 0 unspecified atom stereocenters. The first-order valence-corrected chi connectivity index (χ1v) is 24.3. The van der Waals surface area contributed by atoms with E-state index < -0.39 is 83.3 Å². The van der Waals surface area contributed by atoms with Gasteiger partial charge in [0.2, 0.25) is 35.4 Å². The number of likely N-dealkylation sites (N-methyl/N-ethyl adjacent to an activating group) is 2. The molecule has 69 heavy (non-hydrogen) atoms. The number of carbonyl (C=O) groups excluding carboxylic acids is 6. The summed E-state index contributed by atoms with van der Waals surface area (Å²) >= 11 is 0. The minimum Gasteiger partial charge on any atom is -0.394 e. The van der Waals surface area contributed by atoms with Gasteiger partial charge in [0.1, 0.15) is 30.0 Å². The molecule has 0 aromatic heterocycles. The van der Waals surface area contributed by atoms with E-state index in [0.717, 1.165) is 41.5 Å². The van der Waals surface area contributed by atoms with Gasteiger partial charge in [0.05, 0.1) is 30.8 Å².